The fraction of sp³-hybridized carbons (Fsp3) is 0.587. The third kappa shape index (κ3) is 57.0. The van der Waals surface area contributed by atoms with Gasteiger partial charge < -0.3 is 20.1 Å². The molecule has 0 saturated carbocycles. The Morgan fingerprint density at radius 1 is 0.411 bits per heavy atom. The Bertz CT molecular complexity index is 1700. The molecule has 0 heterocycles. The van der Waals surface area contributed by atoms with Crippen molar-refractivity contribution >= 4 is 19.8 Å². The van der Waals surface area contributed by atoms with E-state index >= 15 is 0 Å². The van der Waals surface area contributed by atoms with Crippen molar-refractivity contribution in [1.82, 2.24) is 0 Å². The van der Waals surface area contributed by atoms with Crippen molar-refractivity contribution in [1.29, 1.82) is 0 Å². The van der Waals surface area contributed by atoms with Crippen molar-refractivity contribution in [3.63, 3.8) is 0 Å². The molecule has 2 unspecified atom stereocenters. The molecule has 0 rings (SSSR count). The predicted octanol–water partition coefficient (Wildman–Crippen LogP) is 18.0. The zero-order valence-electron chi connectivity index (χ0n) is 45.8. The molecule has 2 atom stereocenters. The highest BCUT2D eigenvalue weighted by atomic mass is 31.2. The largest absolute Gasteiger partial charge is 0.472 e. The highest BCUT2D eigenvalue weighted by Crippen LogP contribution is 2.43. The topological polar surface area (TPSA) is 134 Å². The smallest absolute Gasteiger partial charge is 0.462 e. The number of carbonyl (C=O) groups is 2. The Balaban J connectivity index is 4.10. The number of nitrogens with two attached hydrogens (primary N) is 1. The van der Waals surface area contributed by atoms with Gasteiger partial charge in [0, 0.05) is 19.4 Å². The Morgan fingerprint density at radius 2 is 0.726 bits per heavy atom. The molecule has 0 aliphatic carbocycles. The second kappa shape index (κ2) is 57.2. The number of hydrogen-bond acceptors (Lipinski definition) is 8. The first-order valence-electron chi connectivity index (χ1n) is 28.3. The molecule has 0 amide bonds. The number of carbonyl (C=O) groups excluding carboxylic acids is 2. The Morgan fingerprint density at radius 3 is 1.10 bits per heavy atom. The molecular formula is C63H102NO8P. The summed E-state index contributed by atoms with van der Waals surface area (Å²) in [6.45, 7) is 3.43. The summed E-state index contributed by atoms with van der Waals surface area (Å²) in [4.78, 5) is 35.1. The van der Waals surface area contributed by atoms with Gasteiger partial charge in [-0.2, -0.15) is 0 Å². The number of allylic oxidation sites excluding steroid dienone is 24. The molecule has 9 nitrogen and oxygen atoms in total. The quantitative estimate of drug-likeness (QED) is 0.0264. The minimum atomic E-state index is -4.41. The van der Waals surface area contributed by atoms with Gasteiger partial charge in [0.15, 0.2) is 6.10 Å². The normalized spacial score (nSPS) is 14.2. The molecule has 0 aromatic heterocycles. The van der Waals surface area contributed by atoms with Gasteiger partial charge in [-0.3, -0.25) is 18.6 Å². The van der Waals surface area contributed by atoms with E-state index in [-0.39, 0.29) is 32.6 Å². The molecular weight excluding hydrogens is 930 g/mol. The SMILES string of the molecule is CC/C=C\C/C=C\C/C=C\C/C=C\C/C=C\C/C=C\C/C=C\CCCC(=O)OC(COC(=O)CCCCCCCCCCCCCCC/C=C\C/C=C\C/C=C\C/C=C\C/C=C\CC)COP(=O)(O)OCCN. The van der Waals surface area contributed by atoms with Gasteiger partial charge in [-0.05, 0) is 109 Å². The highest BCUT2D eigenvalue weighted by Gasteiger charge is 2.26. The van der Waals surface area contributed by atoms with Gasteiger partial charge in [-0.15, -0.1) is 0 Å². The van der Waals surface area contributed by atoms with Crippen LogP contribution in [0.5, 0.6) is 0 Å². The number of unbranched alkanes of at least 4 members (excludes halogenated alkanes) is 14. The van der Waals surface area contributed by atoms with E-state index in [9.17, 15) is 19.0 Å². The number of hydrogen-bond donors (Lipinski definition) is 2. The molecule has 10 heteroatoms. The van der Waals surface area contributed by atoms with Crippen LogP contribution < -0.4 is 5.73 Å². The monoisotopic (exact) mass is 1030 g/mol. The van der Waals surface area contributed by atoms with Crippen LogP contribution in [0.25, 0.3) is 0 Å². The first kappa shape index (κ1) is 68.9. The van der Waals surface area contributed by atoms with Crippen molar-refractivity contribution in [2.75, 3.05) is 26.4 Å². The summed E-state index contributed by atoms with van der Waals surface area (Å²) in [6, 6.07) is 0. The zero-order valence-corrected chi connectivity index (χ0v) is 46.7. The molecule has 0 aromatic rings. The van der Waals surface area contributed by atoms with Crippen molar-refractivity contribution < 1.29 is 37.6 Å². The summed E-state index contributed by atoms with van der Waals surface area (Å²) in [6.07, 6.45) is 81.9. The van der Waals surface area contributed by atoms with E-state index in [2.05, 4.69) is 154 Å². The summed E-state index contributed by atoms with van der Waals surface area (Å²) < 4.78 is 32.9. The van der Waals surface area contributed by atoms with Crippen molar-refractivity contribution in [3.8, 4) is 0 Å². The van der Waals surface area contributed by atoms with Crippen molar-refractivity contribution in [3.05, 3.63) is 146 Å². The molecule has 0 fully saturated rings. The Labute approximate surface area is 446 Å². The number of rotatable bonds is 51. The van der Waals surface area contributed by atoms with Crippen molar-refractivity contribution in [2.45, 2.75) is 213 Å². The lowest BCUT2D eigenvalue weighted by Crippen LogP contribution is -2.29. The molecule has 0 radical (unpaired) electrons. The summed E-state index contributed by atoms with van der Waals surface area (Å²) in [5.41, 5.74) is 5.37. The fourth-order valence-corrected chi connectivity index (χ4v) is 7.89. The molecule has 3 N–H and O–H groups in total. The Kier molecular flexibility index (Phi) is 54.0. The first-order valence-corrected chi connectivity index (χ1v) is 29.8. The second-order valence-corrected chi connectivity index (χ2v) is 19.5. The predicted molar refractivity (Wildman–Crippen MR) is 311 cm³/mol. The van der Waals surface area contributed by atoms with E-state index < -0.39 is 32.5 Å². The van der Waals surface area contributed by atoms with Crippen LogP contribution in [0.3, 0.4) is 0 Å². The standard InChI is InChI=1S/C63H102NO8P/c1-3-5-7-9-11-13-15-17-19-21-23-25-27-28-29-30-31-32-34-35-37-39-41-43-45-47-49-51-53-55-62(65)69-59-61(60-71-73(67,68)70-58-57-64)72-63(66)56-54-52-50-48-46-44-42-40-38-36-33-26-24-22-20-18-16-14-12-10-8-6-4-2/h5-8,11-14,17-20,23-26,28-29,36,38,42,44,48,50,61H,3-4,9-10,15-16,21-22,27,30-35,37,39-41,43,45-47,49,51-60,64H2,1-2H3,(H,67,68)/b7-5-,8-6-,13-11-,14-12-,19-17-,20-18-,25-23-,26-24-,29-28-,38-36-,44-42-,50-48-. The van der Waals surface area contributed by atoms with E-state index in [1.54, 1.807) is 0 Å². The molecule has 0 aromatic carbocycles. The average Bonchev–Trinajstić information content (AvgIpc) is 3.38. The van der Waals surface area contributed by atoms with Gasteiger partial charge in [0.25, 0.3) is 0 Å². The van der Waals surface area contributed by atoms with Gasteiger partial charge in [-0.1, -0.05) is 230 Å². The molecule has 0 aliphatic heterocycles. The molecule has 73 heavy (non-hydrogen) atoms. The molecule has 0 bridgehead atoms. The minimum Gasteiger partial charge on any atom is -0.462 e. The van der Waals surface area contributed by atoms with E-state index in [0.29, 0.717) is 19.3 Å². The summed E-state index contributed by atoms with van der Waals surface area (Å²) in [5, 5.41) is 0. The lowest BCUT2D eigenvalue weighted by atomic mass is 10.0. The van der Waals surface area contributed by atoms with Crippen LogP contribution in [0, 0.1) is 0 Å². The van der Waals surface area contributed by atoms with Gasteiger partial charge in [-0.25, -0.2) is 4.57 Å². The number of phosphoric ester groups is 1. The summed E-state index contributed by atoms with van der Waals surface area (Å²) in [7, 11) is -4.41. The maximum atomic E-state index is 12.7. The van der Waals surface area contributed by atoms with Crippen LogP contribution in [0.15, 0.2) is 146 Å². The Hall–Kier alpha value is -4.11. The van der Waals surface area contributed by atoms with E-state index in [1.807, 2.05) is 6.08 Å². The third-order valence-corrected chi connectivity index (χ3v) is 12.2. The van der Waals surface area contributed by atoms with Crippen LogP contribution in [0.1, 0.15) is 206 Å². The van der Waals surface area contributed by atoms with Crippen LogP contribution in [-0.2, 0) is 32.7 Å². The average molecular weight is 1030 g/mol. The van der Waals surface area contributed by atoms with Crippen LogP contribution >= 0.6 is 7.82 Å². The highest BCUT2D eigenvalue weighted by molar-refractivity contribution is 7.47. The second-order valence-electron chi connectivity index (χ2n) is 18.0. The minimum absolute atomic E-state index is 0.0362. The zero-order chi connectivity index (χ0) is 53.1. The summed E-state index contributed by atoms with van der Waals surface area (Å²) >= 11 is 0. The van der Waals surface area contributed by atoms with E-state index in [1.165, 1.54) is 64.2 Å². The van der Waals surface area contributed by atoms with E-state index in [0.717, 1.165) is 96.3 Å². The maximum Gasteiger partial charge on any atom is 0.472 e. The van der Waals surface area contributed by atoms with E-state index in [4.69, 9.17) is 24.3 Å². The van der Waals surface area contributed by atoms with Crippen LogP contribution in [0.4, 0.5) is 0 Å². The summed E-state index contributed by atoms with van der Waals surface area (Å²) in [5.74, 6) is -0.909. The lowest BCUT2D eigenvalue weighted by Gasteiger charge is -2.19. The van der Waals surface area contributed by atoms with Crippen LogP contribution in [-0.4, -0.2) is 49.3 Å². The van der Waals surface area contributed by atoms with Gasteiger partial charge in [0.1, 0.15) is 6.61 Å². The maximum absolute atomic E-state index is 12.7. The van der Waals surface area contributed by atoms with Gasteiger partial charge in [0.05, 0.1) is 13.2 Å². The molecule has 0 aliphatic rings. The number of ether oxygens (including phenoxy) is 2. The first-order chi connectivity index (χ1) is 35.8. The fourth-order valence-electron chi connectivity index (χ4n) is 7.12. The molecule has 0 saturated heterocycles. The molecule has 412 valence electrons. The van der Waals surface area contributed by atoms with Crippen LogP contribution in [0.2, 0.25) is 0 Å². The molecule has 0 spiro atoms. The third-order valence-electron chi connectivity index (χ3n) is 11.2. The van der Waals surface area contributed by atoms with Gasteiger partial charge >= 0.3 is 19.8 Å². The van der Waals surface area contributed by atoms with Gasteiger partial charge in [0.2, 0.25) is 0 Å². The lowest BCUT2D eigenvalue weighted by molar-refractivity contribution is -0.161. The van der Waals surface area contributed by atoms with Crippen molar-refractivity contribution in [2.24, 2.45) is 5.73 Å². The number of esters is 2. The number of phosphoric acid groups is 1.